The van der Waals surface area contributed by atoms with Gasteiger partial charge in [-0.15, -0.1) is 0 Å². The van der Waals surface area contributed by atoms with Gasteiger partial charge in [-0.3, -0.25) is 4.79 Å². The van der Waals surface area contributed by atoms with Crippen LogP contribution < -0.4 is 10.1 Å². The topological polar surface area (TPSA) is 38.3 Å². The predicted octanol–water partition coefficient (Wildman–Crippen LogP) is 3.81. The molecule has 0 spiro atoms. The van der Waals surface area contributed by atoms with Crippen LogP contribution in [0, 0.1) is 6.92 Å². The molecule has 0 aliphatic heterocycles. The van der Waals surface area contributed by atoms with E-state index in [0.717, 1.165) is 17.7 Å². The zero-order chi connectivity index (χ0) is 15.9. The Bertz CT molecular complexity index is 620. The van der Waals surface area contributed by atoms with Crippen molar-refractivity contribution < 1.29 is 9.53 Å². The predicted molar refractivity (Wildman–Crippen MR) is 89.1 cm³/mol. The zero-order valence-corrected chi connectivity index (χ0v) is 13.4. The number of rotatable bonds is 6. The molecule has 0 aliphatic rings. The SMILES string of the molecule is COc1ccccc1[C@@H](C)NC(=O)CCc1ccc(C)cc1. The van der Waals surface area contributed by atoms with E-state index in [1.54, 1.807) is 7.11 Å². The van der Waals surface area contributed by atoms with E-state index in [1.807, 2.05) is 31.2 Å². The van der Waals surface area contributed by atoms with Crippen LogP contribution in [0.4, 0.5) is 0 Å². The first-order valence-corrected chi connectivity index (χ1v) is 7.58. The summed E-state index contributed by atoms with van der Waals surface area (Å²) in [5.74, 6) is 0.854. The number of amides is 1. The van der Waals surface area contributed by atoms with Crippen LogP contribution >= 0.6 is 0 Å². The van der Waals surface area contributed by atoms with E-state index in [-0.39, 0.29) is 11.9 Å². The number of nitrogens with one attached hydrogen (secondary N) is 1. The number of benzene rings is 2. The van der Waals surface area contributed by atoms with Gasteiger partial charge in [-0.1, -0.05) is 48.0 Å². The highest BCUT2D eigenvalue weighted by molar-refractivity contribution is 5.76. The molecule has 1 amide bonds. The third-order valence-corrected chi connectivity index (χ3v) is 3.74. The fourth-order valence-corrected chi connectivity index (χ4v) is 2.43. The van der Waals surface area contributed by atoms with Crippen LogP contribution in [0.1, 0.15) is 36.1 Å². The molecule has 0 saturated carbocycles. The fourth-order valence-electron chi connectivity index (χ4n) is 2.43. The van der Waals surface area contributed by atoms with Crippen molar-refractivity contribution in [3.63, 3.8) is 0 Å². The second-order valence-electron chi connectivity index (χ2n) is 5.52. The third-order valence-electron chi connectivity index (χ3n) is 3.74. The van der Waals surface area contributed by atoms with Crippen LogP contribution in [-0.2, 0) is 11.2 Å². The summed E-state index contributed by atoms with van der Waals surface area (Å²) in [7, 11) is 1.64. The highest BCUT2D eigenvalue weighted by atomic mass is 16.5. The Kier molecular flexibility index (Phi) is 5.59. The van der Waals surface area contributed by atoms with Crippen molar-refractivity contribution in [2.75, 3.05) is 7.11 Å². The summed E-state index contributed by atoms with van der Waals surface area (Å²) >= 11 is 0. The van der Waals surface area contributed by atoms with Gasteiger partial charge in [0.25, 0.3) is 0 Å². The third kappa shape index (κ3) is 4.35. The summed E-state index contributed by atoms with van der Waals surface area (Å²) in [5, 5.41) is 3.03. The lowest BCUT2D eigenvalue weighted by atomic mass is 10.1. The van der Waals surface area contributed by atoms with E-state index in [9.17, 15) is 4.79 Å². The van der Waals surface area contributed by atoms with Gasteiger partial charge in [0, 0.05) is 12.0 Å². The van der Waals surface area contributed by atoms with Crippen molar-refractivity contribution in [2.45, 2.75) is 32.7 Å². The number of hydrogen-bond donors (Lipinski definition) is 1. The van der Waals surface area contributed by atoms with Crippen LogP contribution in [0.25, 0.3) is 0 Å². The lowest BCUT2D eigenvalue weighted by molar-refractivity contribution is -0.121. The molecule has 0 fully saturated rings. The Balaban J connectivity index is 1.90. The minimum Gasteiger partial charge on any atom is -0.496 e. The summed E-state index contributed by atoms with van der Waals surface area (Å²) in [5.41, 5.74) is 3.41. The summed E-state index contributed by atoms with van der Waals surface area (Å²) in [6, 6.07) is 16.0. The van der Waals surface area contributed by atoms with Gasteiger partial charge in [0.15, 0.2) is 0 Å². The molecular weight excluding hydrogens is 274 g/mol. The first-order valence-electron chi connectivity index (χ1n) is 7.58. The fraction of sp³-hybridized carbons (Fsp3) is 0.316. The van der Waals surface area contributed by atoms with Gasteiger partial charge in [0.1, 0.15) is 5.75 Å². The second kappa shape index (κ2) is 7.64. The Labute approximate surface area is 132 Å². The van der Waals surface area contributed by atoms with Gasteiger partial charge in [-0.25, -0.2) is 0 Å². The van der Waals surface area contributed by atoms with Crippen LogP contribution in [0.5, 0.6) is 5.75 Å². The van der Waals surface area contributed by atoms with Gasteiger partial charge in [-0.05, 0) is 31.9 Å². The van der Waals surface area contributed by atoms with Crippen molar-refractivity contribution >= 4 is 5.91 Å². The molecule has 3 heteroatoms. The van der Waals surface area contributed by atoms with Crippen molar-refractivity contribution in [1.82, 2.24) is 5.32 Å². The molecule has 0 bridgehead atoms. The Morgan fingerprint density at radius 1 is 1.14 bits per heavy atom. The minimum atomic E-state index is -0.0679. The molecule has 3 nitrogen and oxygen atoms in total. The largest absolute Gasteiger partial charge is 0.496 e. The van der Waals surface area contributed by atoms with Gasteiger partial charge >= 0.3 is 0 Å². The maximum absolute atomic E-state index is 12.1. The molecule has 0 heterocycles. The molecule has 0 aromatic heterocycles. The molecule has 0 saturated heterocycles. The molecule has 116 valence electrons. The average Bonchev–Trinajstić information content (AvgIpc) is 2.54. The zero-order valence-electron chi connectivity index (χ0n) is 13.4. The van der Waals surface area contributed by atoms with Crippen molar-refractivity contribution in [1.29, 1.82) is 0 Å². The molecule has 1 N–H and O–H groups in total. The number of para-hydroxylation sites is 1. The Morgan fingerprint density at radius 2 is 1.82 bits per heavy atom. The number of ether oxygens (including phenoxy) is 1. The molecule has 22 heavy (non-hydrogen) atoms. The second-order valence-corrected chi connectivity index (χ2v) is 5.52. The average molecular weight is 297 g/mol. The highest BCUT2D eigenvalue weighted by Crippen LogP contribution is 2.24. The molecule has 2 rings (SSSR count). The standard InChI is InChI=1S/C19H23NO2/c1-14-8-10-16(11-9-14)12-13-19(21)20-15(2)17-6-4-5-7-18(17)22-3/h4-11,15H,12-13H2,1-3H3,(H,20,21)/t15-/m1/s1. The Morgan fingerprint density at radius 3 is 2.50 bits per heavy atom. The summed E-state index contributed by atoms with van der Waals surface area (Å²) in [6.07, 6.45) is 1.24. The number of methoxy groups -OCH3 is 1. The van der Waals surface area contributed by atoms with E-state index in [0.29, 0.717) is 6.42 Å². The van der Waals surface area contributed by atoms with Crippen LogP contribution in [0.15, 0.2) is 48.5 Å². The van der Waals surface area contributed by atoms with E-state index in [4.69, 9.17) is 4.74 Å². The maximum Gasteiger partial charge on any atom is 0.220 e. The smallest absolute Gasteiger partial charge is 0.220 e. The van der Waals surface area contributed by atoms with Crippen molar-refractivity contribution in [3.05, 3.63) is 65.2 Å². The molecule has 1 atom stereocenters. The first-order chi connectivity index (χ1) is 10.6. The summed E-state index contributed by atoms with van der Waals surface area (Å²) in [6.45, 7) is 4.03. The molecule has 2 aromatic carbocycles. The van der Waals surface area contributed by atoms with Crippen molar-refractivity contribution in [3.8, 4) is 5.75 Å². The maximum atomic E-state index is 12.1. The summed E-state index contributed by atoms with van der Waals surface area (Å²) < 4.78 is 5.34. The molecule has 0 radical (unpaired) electrons. The lowest BCUT2D eigenvalue weighted by Gasteiger charge is -2.17. The van der Waals surface area contributed by atoms with Gasteiger partial charge < -0.3 is 10.1 Å². The number of carbonyl (C=O) groups is 1. The highest BCUT2D eigenvalue weighted by Gasteiger charge is 2.13. The minimum absolute atomic E-state index is 0.0546. The number of carbonyl (C=O) groups excluding carboxylic acids is 1. The quantitative estimate of drug-likeness (QED) is 0.880. The van der Waals surface area contributed by atoms with E-state index >= 15 is 0 Å². The number of hydrogen-bond acceptors (Lipinski definition) is 2. The van der Waals surface area contributed by atoms with Crippen LogP contribution in [-0.4, -0.2) is 13.0 Å². The first kappa shape index (κ1) is 16.1. The Hall–Kier alpha value is -2.29. The molecule has 0 aliphatic carbocycles. The molecule has 0 unspecified atom stereocenters. The lowest BCUT2D eigenvalue weighted by Crippen LogP contribution is -2.27. The van der Waals surface area contributed by atoms with Crippen LogP contribution in [0.3, 0.4) is 0 Å². The normalized spacial score (nSPS) is 11.8. The van der Waals surface area contributed by atoms with Gasteiger partial charge in [0.2, 0.25) is 5.91 Å². The van der Waals surface area contributed by atoms with Gasteiger partial charge in [0.05, 0.1) is 13.2 Å². The van der Waals surface area contributed by atoms with Crippen molar-refractivity contribution in [2.24, 2.45) is 0 Å². The van der Waals surface area contributed by atoms with E-state index < -0.39 is 0 Å². The number of aryl methyl sites for hydroxylation is 2. The summed E-state index contributed by atoms with van der Waals surface area (Å²) in [4.78, 5) is 12.1. The van der Waals surface area contributed by atoms with Gasteiger partial charge in [-0.2, -0.15) is 0 Å². The molecular formula is C19H23NO2. The monoisotopic (exact) mass is 297 g/mol. The van der Waals surface area contributed by atoms with Crippen LogP contribution in [0.2, 0.25) is 0 Å². The molecule has 2 aromatic rings. The van der Waals surface area contributed by atoms with E-state index in [2.05, 4.69) is 36.5 Å². The van der Waals surface area contributed by atoms with E-state index in [1.165, 1.54) is 11.1 Å².